The topological polar surface area (TPSA) is 38.3 Å². The van der Waals surface area contributed by atoms with Gasteiger partial charge in [0.05, 0.1) is 7.11 Å². The van der Waals surface area contributed by atoms with Crippen LogP contribution in [0.4, 0.5) is 0 Å². The number of hydrogen-bond acceptors (Lipinski definition) is 3. The summed E-state index contributed by atoms with van der Waals surface area (Å²) >= 11 is 0. The van der Waals surface area contributed by atoms with E-state index in [0.29, 0.717) is 6.04 Å². The molecule has 0 aromatic rings. The Balaban J connectivity index is 4.26. The van der Waals surface area contributed by atoms with Crippen LogP contribution >= 0.6 is 0 Å². The summed E-state index contributed by atoms with van der Waals surface area (Å²) in [7, 11) is 1.39. The SMILES string of the molecule is C=C(C)C(NC(C)CC)C(=O)OC. The van der Waals surface area contributed by atoms with E-state index in [-0.39, 0.29) is 12.0 Å². The molecule has 76 valence electrons. The molecule has 0 aliphatic carbocycles. The van der Waals surface area contributed by atoms with Crippen molar-refractivity contribution in [3.8, 4) is 0 Å². The number of nitrogens with one attached hydrogen (secondary N) is 1. The predicted octanol–water partition coefficient (Wildman–Crippen LogP) is 1.49. The first-order valence-corrected chi connectivity index (χ1v) is 4.52. The fraction of sp³-hybridized carbons (Fsp3) is 0.700. The lowest BCUT2D eigenvalue weighted by atomic mass is 10.1. The van der Waals surface area contributed by atoms with Crippen molar-refractivity contribution < 1.29 is 9.53 Å². The molecule has 0 aliphatic rings. The van der Waals surface area contributed by atoms with Crippen LogP contribution in [0.25, 0.3) is 0 Å². The van der Waals surface area contributed by atoms with Gasteiger partial charge in [-0.05, 0) is 20.3 Å². The molecular weight excluding hydrogens is 166 g/mol. The Morgan fingerprint density at radius 1 is 1.62 bits per heavy atom. The monoisotopic (exact) mass is 185 g/mol. The van der Waals surface area contributed by atoms with Gasteiger partial charge in [-0.3, -0.25) is 10.1 Å². The smallest absolute Gasteiger partial charge is 0.327 e. The average Bonchev–Trinajstić information content (AvgIpc) is 2.11. The summed E-state index contributed by atoms with van der Waals surface area (Å²) in [5.41, 5.74) is 0.784. The normalized spacial score (nSPS) is 14.8. The van der Waals surface area contributed by atoms with Crippen LogP contribution in [0.15, 0.2) is 12.2 Å². The summed E-state index contributed by atoms with van der Waals surface area (Å²) in [6.45, 7) is 9.65. The first kappa shape index (κ1) is 12.2. The molecule has 0 heterocycles. The van der Waals surface area contributed by atoms with Crippen molar-refractivity contribution in [2.45, 2.75) is 39.3 Å². The third-order valence-electron chi connectivity index (χ3n) is 1.99. The molecule has 0 radical (unpaired) electrons. The third kappa shape index (κ3) is 4.08. The van der Waals surface area contributed by atoms with Crippen molar-refractivity contribution in [1.82, 2.24) is 5.32 Å². The number of carbonyl (C=O) groups is 1. The molecule has 3 nitrogen and oxygen atoms in total. The predicted molar refractivity (Wildman–Crippen MR) is 53.5 cm³/mol. The van der Waals surface area contributed by atoms with Crippen LogP contribution in [0.5, 0.6) is 0 Å². The van der Waals surface area contributed by atoms with E-state index < -0.39 is 0 Å². The number of methoxy groups -OCH3 is 1. The maximum atomic E-state index is 11.3. The zero-order valence-corrected chi connectivity index (χ0v) is 8.89. The Bertz CT molecular complexity index is 189. The fourth-order valence-corrected chi connectivity index (χ4v) is 0.932. The van der Waals surface area contributed by atoms with Crippen LogP contribution in [-0.4, -0.2) is 25.2 Å². The van der Waals surface area contributed by atoms with E-state index in [2.05, 4.69) is 23.6 Å². The Hall–Kier alpha value is -0.830. The van der Waals surface area contributed by atoms with Crippen LogP contribution in [0, 0.1) is 0 Å². The molecule has 2 atom stereocenters. The van der Waals surface area contributed by atoms with E-state index in [0.717, 1.165) is 12.0 Å². The highest BCUT2D eigenvalue weighted by atomic mass is 16.5. The van der Waals surface area contributed by atoms with Gasteiger partial charge in [0.15, 0.2) is 0 Å². The summed E-state index contributed by atoms with van der Waals surface area (Å²) in [6.07, 6.45) is 0.973. The minimum Gasteiger partial charge on any atom is -0.468 e. The zero-order valence-electron chi connectivity index (χ0n) is 8.89. The van der Waals surface area contributed by atoms with Crippen LogP contribution in [0.2, 0.25) is 0 Å². The molecule has 0 fully saturated rings. The Morgan fingerprint density at radius 2 is 2.15 bits per heavy atom. The summed E-state index contributed by atoms with van der Waals surface area (Å²) in [4.78, 5) is 11.3. The number of ether oxygens (including phenoxy) is 1. The van der Waals surface area contributed by atoms with Gasteiger partial charge in [0.1, 0.15) is 6.04 Å². The second kappa shape index (κ2) is 5.75. The lowest BCUT2D eigenvalue weighted by molar-refractivity contribution is -0.142. The van der Waals surface area contributed by atoms with Gasteiger partial charge in [0.25, 0.3) is 0 Å². The summed E-state index contributed by atoms with van der Waals surface area (Å²) in [6, 6.07) is -0.0826. The van der Waals surface area contributed by atoms with E-state index in [9.17, 15) is 4.79 Å². The molecule has 0 spiro atoms. The van der Waals surface area contributed by atoms with Crippen molar-refractivity contribution >= 4 is 5.97 Å². The molecule has 1 N–H and O–H groups in total. The molecule has 0 bridgehead atoms. The summed E-state index contributed by atoms with van der Waals surface area (Å²) < 4.78 is 4.66. The Morgan fingerprint density at radius 3 is 2.46 bits per heavy atom. The van der Waals surface area contributed by atoms with E-state index in [1.54, 1.807) is 0 Å². The van der Waals surface area contributed by atoms with Crippen LogP contribution in [0.3, 0.4) is 0 Å². The molecule has 3 heteroatoms. The second-order valence-electron chi connectivity index (χ2n) is 3.28. The van der Waals surface area contributed by atoms with Crippen LogP contribution < -0.4 is 5.32 Å². The van der Waals surface area contributed by atoms with Crippen molar-refractivity contribution in [2.24, 2.45) is 0 Å². The van der Waals surface area contributed by atoms with Gasteiger partial charge in [-0.2, -0.15) is 0 Å². The van der Waals surface area contributed by atoms with Crippen LogP contribution in [-0.2, 0) is 9.53 Å². The molecule has 0 rings (SSSR count). The number of rotatable bonds is 5. The van der Waals surface area contributed by atoms with E-state index in [1.807, 2.05) is 13.8 Å². The van der Waals surface area contributed by atoms with Crippen molar-refractivity contribution in [2.75, 3.05) is 7.11 Å². The zero-order chi connectivity index (χ0) is 10.4. The minimum atomic E-state index is -0.375. The van der Waals surface area contributed by atoms with Gasteiger partial charge in [-0.25, -0.2) is 0 Å². The lowest BCUT2D eigenvalue weighted by Crippen LogP contribution is -2.43. The molecule has 0 aliphatic heterocycles. The Labute approximate surface area is 80.2 Å². The molecule has 0 aromatic carbocycles. The molecule has 0 aromatic heterocycles. The quantitative estimate of drug-likeness (QED) is 0.521. The van der Waals surface area contributed by atoms with E-state index in [4.69, 9.17) is 0 Å². The van der Waals surface area contributed by atoms with Gasteiger partial charge in [-0.15, -0.1) is 0 Å². The molecule has 0 saturated heterocycles. The standard InChI is InChI=1S/C10H19NO2/c1-6-8(4)11-9(7(2)3)10(12)13-5/h8-9,11H,2,6H2,1,3-5H3. The number of esters is 1. The second-order valence-corrected chi connectivity index (χ2v) is 3.28. The molecule has 0 saturated carbocycles. The van der Waals surface area contributed by atoms with Gasteiger partial charge in [0, 0.05) is 6.04 Å². The Kier molecular flexibility index (Phi) is 5.39. The molecule has 13 heavy (non-hydrogen) atoms. The van der Waals surface area contributed by atoms with Gasteiger partial charge < -0.3 is 4.74 Å². The van der Waals surface area contributed by atoms with Crippen molar-refractivity contribution in [1.29, 1.82) is 0 Å². The van der Waals surface area contributed by atoms with Crippen molar-refractivity contribution in [3.63, 3.8) is 0 Å². The van der Waals surface area contributed by atoms with E-state index >= 15 is 0 Å². The average molecular weight is 185 g/mol. The van der Waals surface area contributed by atoms with Gasteiger partial charge in [0.2, 0.25) is 0 Å². The maximum absolute atomic E-state index is 11.3. The lowest BCUT2D eigenvalue weighted by Gasteiger charge is -2.20. The highest BCUT2D eigenvalue weighted by Gasteiger charge is 2.20. The first-order chi connectivity index (χ1) is 6.02. The van der Waals surface area contributed by atoms with Gasteiger partial charge >= 0.3 is 5.97 Å². The fourth-order valence-electron chi connectivity index (χ4n) is 0.932. The van der Waals surface area contributed by atoms with E-state index in [1.165, 1.54) is 7.11 Å². The minimum absolute atomic E-state index is 0.271. The van der Waals surface area contributed by atoms with Gasteiger partial charge in [-0.1, -0.05) is 19.1 Å². The third-order valence-corrected chi connectivity index (χ3v) is 1.99. The van der Waals surface area contributed by atoms with Crippen LogP contribution in [0.1, 0.15) is 27.2 Å². The summed E-state index contributed by atoms with van der Waals surface area (Å²) in [5, 5.41) is 3.14. The largest absolute Gasteiger partial charge is 0.468 e. The number of carbonyl (C=O) groups excluding carboxylic acids is 1. The number of hydrogen-bond donors (Lipinski definition) is 1. The molecular formula is C10H19NO2. The van der Waals surface area contributed by atoms with Crippen molar-refractivity contribution in [3.05, 3.63) is 12.2 Å². The molecule has 2 unspecified atom stereocenters. The summed E-state index contributed by atoms with van der Waals surface area (Å²) in [5.74, 6) is -0.271. The highest BCUT2D eigenvalue weighted by molar-refractivity contribution is 5.79. The maximum Gasteiger partial charge on any atom is 0.327 e. The molecule has 0 amide bonds. The first-order valence-electron chi connectivity index (χ1n) is 4.52. The highest BCUT2D eigenvalue weighted by Crippen LogP contribution is 2.03.